The van der Waals surface area contributed by atoms with Gasteiger partial charge >= 0.3 is 5.97 Å². The smallest absolute Gasteiger partial charge is 0.329 e. The molecule has 1 amide bonds. The molecule has 0 aromatic rings. The minimum absolute atomic E-state index is 0.157. The third kappa shape index (κ3) is 2.62. The third-order valence-corrected chi connectivity index (χ3v) is 6.01. The molecule has 4 aliphatic rings. The molecule has 4 aliphatic carbocycles. The van der Waals surface area contributed by atoms with E-state index >= 15 is 0 Å². The Bertz CT molecular complexity index is 499. The largest absolute Gasteiger partial charge is 0.464 e. The summed E-state index contributed by atoms with van der Waals surface area (Å²) in [4.78, 5) is 23.5. The minimum atomic E-state index is -0.980. The topological polar surface area (TPSA) is 75.6 Å². The SMILES string of the molecule is CCOC(=O)[C@@H](NC(C)=O)[C@@H]1[C@@H]2C[C@H]3C[C@@](Cl)(C2)C[C@]1(O)C3. The van der Waals surface area contributed by atoms with Crippen molar-refractivity contribution in [3.63, 3.8) is 0 Å². The van der Waals surface area contributed by atoms with Crippen molar-refractivity contribution >= 4 is 23.5 Å². The van der Waals surface area contributed by atoms with Gasteiger partial charge in [0.2, 0.25) is 5.91 Å². The highest BCUT2D eigenvalue weighted by Crippen LogP contribution is 2.63. The maximum atomic E-state index is 12.3. The summed E-state index contributed by atoms with van der Waals surface area (Å²) in [5.41, 5.74) is -0.980. The van der Waals surface area contributed by atoms with Crippen LogP contribution in [0.2, 0.25) is 0 Å². The number of ether oxygens (including phenoxy) is 1. The number of halogens is 1. The first kappa shape index (κ1) is 16.1. The zero-order valence-corrected chi connectivity index (χ0v) is 13.9. The van der Waals surface area contributed by atoms with E-state index in [9.17, 15) is 14.7 Å². The van der Waals surface area contributed by atoms with Gasteiger partial charge in [0.1, 0.15) is 6.04 Å². The fourth-order valence-electron chi connectivity index (χ4n) is 5.38. The molecule has 2 N–H and O–H groups in total. The molecule has 0 saturated heterocycles. The lowest BCUT2D eigenvalue weighted by Crippen LogP contribution is -2.68. The molecule has 6 atom stereocenters. The number of aliphatic hydroxyl groups is 1. The first-order valence-electron chi connectivity index (χ1n) is 8.11. The van der Waals surface area contributed by atoms with Crippen molar-refractivity contribution < 1.29 is 19.4 Å². The Hall–Kier alpha value is -0.810. The number of rotatable bonds is 4. The highest BCUT2D eigenvalue weighted by Gasteiger charge is 2.64. The van der Waals surface area contributed by atoms with E-state index in [1.165, 1.54) is 6.92 Å². The summed E-state index contributed by atoms with van der Waals surface area (Å²) in [6, 6.07) is -0.785. The molecule has 124 valence electrons. The number of carbonyl (C=O) groups excluding carboxylic acids is 2. The quantitative estimate of drug-likeness (QED) is 0.607. The molecule has 6 heteroatoms. The van der Waals surface area contributed by atoms with Gasteiger partial charge in [-0.2, -0.15) is 0 Å². The molecule has 0 aromatic carbocycles. The molecular weight excluding hydrogens is 306 g/mol. The van der Waals surface area contributed by atoms with Crippen LogP contribution in [0.3, 0.4) is 0 Å². The van der Waals surface area contributed by atoms with Crippen LogP contribution in [0.5, 0.6) is 0 Å². The normalized spacial score (nSPS) is 43.7. The number of esters is 1. The van der Waals surface area contributed by atoms with Crippen molar-refractivity contribution in [3.05, 3.63) is 0 Å². The van der Waals surface area contributed by atoms with Gasteiger partial charge in [0, 0.05) is 17.7 Å². The van der Waals surface area contributed by atoms with E-state index in [1.807, 2.05) is 0 Å². The van der Waals surface area contributed by atoms with E-state index in [4.69, 9.17) is 16.3 Å². The Morgan fingerprint density at radius 2 is 2.14 bits per heavy atom. The Kier molecular flexibility index (Phi) is 3.92. The third-order valence-electron chi connectivity index (χ3n) is 5.57. The molecule has 5 nitrogen and oxygen atoms in total. The van der Waals surface area contributed by atoms with E-state index < -0.39 is 17.6 Å². The summed E-state index contributed by atoms with van der Waals surface area (Å²) >= 11 is 6.67. The Balaban J connectivity index is 1.90. The van der Waals surface area contributed by atoms with Crippen molar-refractivity contribution in [1.82, 2.24) is 5.32 Å². The number of nitrogens with one attached hydrogen (secondary N) is 1. The van der Waals surface area contributed by atoms with Gasteiger partial charge in [-0.3, -0.25) is 4.79 Å². The maximum absolute atomic E-state index is 12.3. The summed E-state index contributed by atoms with van der Waals surface area (Å²) in [5, 5.41) is 13.9. The van der Waals surface area contributed by atoms with Crippen LogP contribution in [0, 0.1) is 17.8 Å². The van der Waals surface area contributed by atoms with Crippen LogP contribution in [0.1, 0.15) is 46.0 Å². The summed E-state index contributed by atoms with van der Waals surface area (Å²) in [7, 11) is 0. The van der Waals surface area contributed by atoms with Crippen LogP contribution in [-0.4, -0.2) is 40.1 Å². The maximum Gasteiger partial charge on any atom is 0.329 e. The second kappa shape index (κ2) is 5.38. The number of hydrogen-bond acceptors (Lipinski definition) is 4. The van der Waals surface area contributed by atoms with Gasteiger partial charge in [0.25, 0.3) is 0 Å². The molecular formula is C16H24ClNO4. The number of carbonyl (C=O) groups is 2. The van der Waals surface area contributed by atoms with Crippen LogP contribution >= 0.6 is 11.6 Å². The first-order valence-corrected chi connectivity index (χ1v) is 8.49. The zero-order valence-electron chi connectivity index (χ0n) is 13.1. The van der Waals surface area contributed by atoms with Crippen molar-refractivity contribution in [1.29, 1.82) is 0 Å². The monoisotopic (exact) mass is 329 g/mol. The van der Waals surface area contributed by atoms with Crippen molar-refractivity contribution in [3.8, 4) is 0 Å². The molecule has 0 aromatic heterocycles. The molecule has 4 rings (SSSR count). The van der Waals surface area contributed by atoms with Crippen molar-refractivity contribution in [2.45, 2.75) is 62.5 Å². The van der Waals surface area contributed by atoms with Gasteiger partial charge in [-0.15, -0.1) is 11.6 Å². The fraction of sp³-hybridized carbons (Fsp3) is 0.875. The number of amides is 1. The van der Waals surface area contributed by atoms with E-state index in [0.29, 0.717) is 18.8 Å². The minimum Gasteiger partial charge on any atom is -0.464 e. The summed E-state index contributed by atoms with van der Waals surface area (Å²) in [6.07, 6.45) is 3.88. The Morgan fingerprint density at radius 3 is 2.68 bits per heavy atom. The standard InChI is InChI=1S/C16H24ClNO4/c1-3-22-14(20)13(18-9(2)19)12-11-4-10-5-15(17,7-11)8-16(12,21)6-10/h10-13,21H,3-8H2,1-2H3,(H,18,19)/t10-,11+,12-,13-,15+,16+/m0/s1. The van der Waals surface area contributed by atoms with Gasteiger partial charge in [0.05, 0.1) is 12.2 Å². The Morgan fingerprint density at radius 1 is 1.41 bits per heavy atom. The molecule has 0 radical (unpaired) electrons. The highest BCUT2D eigenvalue weighted by molar-refractivity contribution is 6.24. The van der Waals surface area contributed by atoms with E-state index in [-0.39, 0.29) is 29.2 Å². The van der Waals surface area contributed by atoms with Crippen LogP contribution < -0.4 is 5.32 Å². The average molecular weight is 330 g/mol. The lowest BCUT2D eigenvalue weighted by Gasteiger charge is -2.62. The molecule has 0 unspecified atom stereocenters. The number of hydrogen-bond donors (Lipinski definition) is 2. The van der Waals surface area contributed by atoms with Gasteiger partial charge in [-0.05, 0) is 50.9 Å². The van der Waals surface area contributed by atoms with Gasteiger partial charge < -0.3 is 15.2 Å². The Labute approximate surface area is 135 Å². The summed E-state index contributed by atoms with van der Waals surface area (Å²) in [6.45, 7) is 3.38. The molecule has 4 bridgehead atoms. The van der Waals surface area contributed by atoms with Crippen molar-refractivity contribution in [2.75, 3.05) is 6.61 Å². The van der Waals surface area contributed by atoms with Crippen LogP contribution in [0.4, 0.5) is 0 Å². The lowest BCUT2D eigenvalue weighted by molar-refractivity contribution is -0.186. The number of alkyl halides is 1. The molecule has 0 heterocycles. The fourth-order valence-corrected chi connectivity index (χ4v) is 6.03. The predicted molar refractivity (Wildman–Crippen MR) is 81.3 cm³/mol. The average Bonchev–Trinajstić information content (AvgIpc) is 2.33. The second-order valence-electron chi connectivity index (χ2n) is 7.36. The highest BCUT2D eigenvalue weighted by atomic mass is 35.5. The van der Waals surface area contributed by atoms with Crippen LogP contribution in [0.25, 0.3) is 0 Å². The molecule has 0 aliphatic heterocycles. The molecule has 4 saturated carbocycles. The predicted octanol–water partition coefficient (Wildman–Crippen LogP) is 1.60. The second-order valence-corrected chi connectivity index (χ2v) is 8.16. The lowest BCUT2D eigenvalue weighted by atomic mass is 9.48. The summed E-state index contributed by atoms with van der Waals surface area (Å²) in [5.74, 6) is -0.460. The van der Waals surface area contributed by atoms with Gasteiger partial charge in [-0.25, -0.2) is 4.79 Å². The molecule has 22 heavy (non-hydrogen) atoms. The van der Waals surface area contributed by atoms with E-state index in [2.05, 4.69) is 5.32 Å². The van der Waals surface area contributed by atoms with Gasteiger partial charge in [0.15, 0.2) is 0 Å². The van der Waals surface area contributed by atoms with Gasteiger partial charge in [-0.1, -0.05) is 0 Å². The van der Waals surface area contributed by atoms with Crippen LogP contribution in [0.15, 0.2) is 0 Å². The molecule has 0 spiro atoms. The molecule has 4 fully saturated rings. The van der Waals surface area contributed by atoms with E-state index in [1.54, 1.807) is 6.92 Å². The first-order chi connectivity index (χ1) is 10.3. The zero-order chi connectivity index (χ0) is 16.1. The van der Waals surface area contributed by atoms with Crippen LogP contribution in [-0.2, 0) is 14.3 Å². The summed E-state index contributed by atoms with van der Waals surface area (Å²) < 4.78 is 5.13. The van der Waals surface area contributed by atoms with Crippen molar-refractivity contribution in [2.24, 2.45) is 17.8 Å². The van der Waals surface area contributed by atoms with E-state index in [0.717, 1.165) is 19.3 Å².